The Morgan fingerprint density at radius 3 is 3.04 bits per heavy atom. The molecule has 2 atom stereocenters. The molecule has 1 aliphatic carbocycles. The van der Waals surface area contributed by atoms with Crippen LogP contribution in [0.5, 0.6) is 5.75 Å². The van der Waals surface area contributed by atoms with Crippen molar-refractivity contribution in [1.29, 1.82) is 0 Å². The zero-order valence-corrected chi connectivity index (χ0v) is 16.6. The number of carbonyl (C=O) groups excluding carboxylic acids is 1. The van der Waals surface area contributed by atoms with E-state index in [1.165, 1.54) is 10.9 Å². The first kappa shape index (κ1) is 18.6. The van der Waals surface area contributed by atoms with Crippen LogP contribution < -0.4 is 10.1 Å². The van der Waals surface area contributed by atoms with E-state index in [0.717, 1.165) is 42.6 Å². The molecule has 1 amide bonds. The van der Waals surface area contributed by atoms with E-state index in [1.54, 1.807) is 7.11 Å². The largest absolute Gasteiger partial charge is 0.497 e. The smallest absolute Gasteiger partial charge is 0.222 e. The number of methoxy groups -OCH3 is 1. The van der Waals surface area contributed by atoms with Crippen LogP contribution in [0.1, 0.15) is 49.3 Å². The lowest BCUT2D eigenvalue weighted by molar-refractivity contribution is -0.122. The van der Waals surface area contributed by atoms with Gasteiger partial charge in [-0.1, -0.05) is 6.42 Å². The van der Waals surface area contributed by atoms with Crippen LogP contribution in [0.2, 0.25) is 0 Å². The van der Waals surface area contributed by atoms with E-state index in [-0.39, 0.29) is 11.9 Å². The zero-order chi connectivity index (χ0) is 19.5. The number of H-pyrrole nitrogens is 1. The number of ether oxygens (including phenoxy) is 1. The van der Waals surface area contributed by atoms with E-state index in [2.05, 4.69) is 33.7 Å². The minimum absolute atomic E-state index is 0.111. The van der Waals surface area contributed by atoms with Gasteiger partial charge in [-0.3, -0.25) is 9.48 Å². The van der Waals surface area contributed by atoms with E-state index < -0.39 is 0 Å². The normalized spacial score (nSPS) is 19.6. The highest BCUT2D eigenvalue weighted by atomic mass is 16.5. The second-order valence-electron chi connectivity index (χ2n) is 7.75. The lowest BCUT2D eigenvalue weighted by atomic mass is 9.81. The van der Waals surface area contributed by atoms with Crippen LogP contribution in [0.4, 0.5) is 0 Å². The maximum absolute atomic E-state index is 12.4. The fraction of sp³-hybridized carbons (Fsp3) is 0.455. The van der Waals surface area contributed by atoms with Crippen LogP contribution in [0.3, 0.4) is 0 Å². The van der Waals surface area contributed by atoms with Gasteiger partial charge in [-0.15, -0.1) is 0 Å². The van der Waals surface area contributed by atoms with Crippen molar-refractivity contribution in [1.82, 2.24) is 20.1 Å². The molecule has 3 aromatic rings. The Balaban J connectivity index is 1.38. The van der Waals surface area contributed by atoms with Gasteiger partial charge in [0.25, 0.3) is 0 Å². The molecule has 0 radical (unpaired) electrons. The third-order valence-corrected chi connectivity index (χ3v) is 5.74. The molecule has 2 N–H and O–H groups in total. The molecule has 1 aromatic carbocycles. The number of benzene rings is 1. The average molecular weight is 380 g/mol. The summed E-state index contributed by atoms with van der Waals surface area (Å²) in [6.45, 7) is 2.58. The Bertz CT molecular complexity index is 959. The van der Waals surface area contributed by atoms with E-state index in [4.69, 9.17) is 4.74 Å². The highest BCUT2D eigenvalue weighted by Gasteiger charge is 2.26. The van der Waals surface area contributed by atoms with E-state index >= 15 is 0 Å². The monoisotopic (exact) mass is 380 g/mol. The number of carbonyl (C=O) groups is 1. The summed E-state index contributed by atoms with van der Waals surface area (Å²) < 4.78 is 7.23. The number of hydrogen-bond donors (Lipinski definition) is 2. The average Bonchev–Trinajstić information content (AvgIpc) is 3.32. The van der Waals surface area contributed by atoms with Gasteiger partial charge in [-0.2, -0.15) is 5.10 Å². The molecule has 1 aliphatic rings. The molecule has 148 valence electrons. The number of rotatable bonds is 6. The van der Waals surface area contributed by atoms with E-state index in [9.17, 15) is 4.79 Å². The summed E-state index contributed by atoms with van der Waals surface area (Å²) in [5, 5.41) is 8.81. The summed E-state index contributed by atoms with van der Waals surface area (Å²) in [4.78, 5) is 15.8. The van der Waals surface area contributed by atoms with Crippen molar-refractivity contribution in [2.75, 3.05) is 7.11 Å². The number of nitrogens with zero attached hydrogens (tertiary/aromatic N) is 2. The van der Waals surface area contributed by atoms with Crippen LogP contribution in [0, 0.1) is 6.92 Å². The van der Waals surface area contributed by atoms with Gasteiger partial charge >= 0.3 is 0 Å². The van der Waals surface area contributed by atoms with Gasteiger partial charge in [-0.05, 0) is 61.9 Å². The molecule has 6 nitrogen and oxygen atoms in total. The van der Waals surface area contributed by atoms with Crippen LogP contribution in [0.25, 0.3) is 10.9 Å². The van der Waals surface area contributed by atoms with Crippen molar-refractivity contribution >= 4 is 16.8 Å². The van der Waals surface area contributed by atoms with Gasteiger partial charge in [0.1, 0.15) is 5.75 Å². The molecule has 0 bridgehead atoms. The van der Waals surface area contributed by atoms with Gasteiger partial charge in [0.05, 0.1) is 12.8 Å². The van der Waals surface area contributed by atoms with Gasteiger partial charge in [0, 0.05) is 42.3 Å². The third kappa shape index (κ3) is 4.06. The number of amides is 1. The highest BCUT2D eigenvalue weighted by molar-refractivity contribution is 5.85. The SMILES string of the molecule is COc1ccc2[nH]cc([C@@H]3CCC[C@H](NC(=O)CCn4ccc(C)n4)C3)c2c1. The number of aryl methyl sites for hydroxylation is 2. The van der Waals surface area contributed by atoms with E-state index in [1.807, 2.05) is 29.9 Å². The molecular formula is C22H28N4O2. The number of aromatic nitrogens is 3. The molecule has 1 fully saturated rings. The van der Waals surface area contributed by atoms with Crippen molar-refractivity contribution in [2.45, 2.75) is 57.5 Å². The second kappa shape index (κ2) is 8.09. The maximum Gasteiger partial charge on any atom is 0.222 e. The first-order chi connectivity index (χ1) is 13.6. The van der Waals surface area contributed by atoms with Gasteiger partial charge < -0.3 is 15.0 Å². The number of aromatic amines is 1. The second-order valence-corrected chi connectivity index (χ2v) is 7.75. The Morgan fingerprint density at radius 1 is 1.36 bits per heavy atom. The lowest BCUT2D eigenvalue weighted by Gasteiger charge is -2.30. The molecule has 4 rings (SSSR count). The summed E-state index contributed by atoms with van der Waals surface area (Å²) in [5.41, 5.74) is 3.45. The molecule has 6 heteroatoms. The Morgan fingerprint density at radius 2 is 2.25 bits per heavy atom. The topological polar surface area (TPSA) is 71.9 Å². The third-order valence-electron chi connectivity index (χ3n) is 5.74. The van der Waals surface area contributed by atoms with Gasteiger partial charge in [0.15, 0.2) is 0 Å². The minimum Gasteiger partial charge on any atom is -0.497 e. The first-order valence-electron chi connectivity index (χ1n) is 10.1. The predicted molar refractivity (Wildman–Crippen MR) is 110 cm³/mol. The zero-order valence-electron chi connectivity index (χ0n) is 16.6. The molecule has 28 heavy (non-hydrogen) atoms. The molecule has 0 spiro atoms. The number of nitrogens with one attached hydrogen (secondary N) is 2. The summed E-state index contributed by atoms with van der Waals surface area (Å²) >= 11 is 0. The number of fused-ring (bicyclic) bond motifs is 1. The number of hydrogen-bond acceptors (Lipinski definition) is 3. The molecule has 1 saturated carbocycles. The van der Waals surface area contributed by atoms with Crippen molar-refractivity contribution in [2.24, 2.45) is 0 Å². The van der Waals surface area contributed by atoms with Crippen LogP contribution in [-0.2, 0) is 11.3 Å². The molecule has 0 aliphatic heterocycles. The fourth-order valence-corrected chi connectivity index (χ4v) is 4.29. The minimum atomic E-state index is 0.111. The molecule has 0 saturated heterocycles. The quantitative estimate of drug-likeness (QED) is 0.681. The van der Waals surface area contributed by atoms with Crippen LogP contribution >= 0.6 is 0 Å². The Labute approximate surface area is 165 Å². The predicted octanol–water partition coefficient (Wildman–Crippen LogP) is 3.91. The van der Waals surface area contributed by atoms with Gasteiger partial charge in [0.2, 0.25) is 5.91 Å². The lowest BCUT2D eigenvalue weighted by Crippen LogP contribution is -2.38. The van der Waals surface area contributed by atoms with Crippen molar-refractivity contribution < 1.29 is 9.53 Å². The van der Waals surface area contributed by atoms with Crippen molar-refractivity contribution in [3.8, 4) is 5.75 Å². The standard InChI is InChI=1S/C22H28N4O2/c1-15-8-10-26(25-15)11-9-22(27)24-17-5-3-4-16(12-17)20-14-23-21-7-6-18(28-2)13-19(20)21/h6-8,10,13-14,16-17,23H,3-5,9,11-12H2,1-2H3,(H,24,27)/t16-,17+/m1/s1. The Hall–Kier alpha value is -2.76. The maximum atomic E-state index is 12.4. The summed E-state index contributed by atoms with van der Waals surface area (Å²) in [6, 6.07) is 8.35. The first-order valence-corrected chi connectivity index (χ1v) is 10.1. The van der Waals surface area contributed by atoms with E-state index in [0.29, 0.717) is 18.9 Å². The van der Waals surface area contributed by atoms with Crippen molar-refractivity contribution in [3.05, 3.63) is 47.9 Å². The van der Waals surface area contributed by atoms with Gasteiger partial charge in [-0.25, -0.2) is 0 Å². The molecule has 2 heterocycles. The molecule has 0 unspecified atom stereocenters. The molecular weight excluding hydrogens is 352 g/mol. The summed E-state index contributed by atoms with van der Waals surface area (Å²) in [6.07, 6.45) is 8.83. The highest BCUT2D eigenvalue weighted by Crippen LogP contribution is 2.37. The summed E-state index contributed by atoms with van der Waals surface area (Å²) in [5.74, 6) is 1.44. The van der Waals surface area contributed by atoms with Crippen LogP contribution in [-0.4, -0.2) is 33.8 Å². The Kier molecular flexibility index (Phi) is 5.37. The molecule has 2 aromatic heterocycles. The van der Waals surface area contributed by atoms with Crippen molar-refractivity contribution in [3.63, 3.8) is 0 Å². The fourth-order valence-electron chi connectivity index (χ4n) is 4.29. The summed E-state index contributed by atoms with van der Waals surface area (Å²) in [7, 11) is 1.70. The van der Waals surface area contributed by atoms with Crippen LogP contribution in [0.15, 0.2) is 36.7 Å².